The molecule has 3 nitrogen and oxygen atoms in total. The van der Waals surface area contributed by atoms with Gasteiger partial charge >= 0.3 is 0 Å². The van der Waals surface area contributed by atoms with Gasteiger partial charge in [0.05, 0.1) is 14.9 Å². The van der Waals surface area contributed by atoms with Crippen LogP contribution in [0.4, 0.5) is 0 Å². The smallest absolute Gasteiger partial charge is 0.263 e. The summed E-state index contributed by atoms with van der Waals surface area (Å²) in [6.07, 6.45) is 2.13. The summed E-state index contributed by atoms with van der Waals surface area (Å²) < 4.78 is 0. The predicted octanol–water partition coefficient (Wildman–Crippen LogP) is 4.79. The number of carbonyl (C=O) groups excluding carboxylic acids is 1. The molecular weight excluding hydrogens is 363 g/mol. The van der Waals surface area contributed by atoms with Crippen molar-refractivity contribution in [3.05, 3.63) is 45.3 Å². The van der Waals surface area contributed by atoms with Crippen LogP contribution in [-0.4, -0.2) is 37.5 Å². The summed E-state index contributed by atoms with van der Waals surface area (Å²) in [7, 11) is 1.98. The molecule has 0 spiro atoms. The number of nitrogens with zero attached hydrogens (tertiary/aromatic N) is 1. The Morgan fingerprint density at radius 1 is 1.21 bits per heavy atom. The van der Waals surface area contributed by atoms with Crippen molar-refractivity contribution in [1.82, 2.24) is 10.2 Å². The van der Waals surface area contributed by atoms with Gasteiger partial charge in [-0.1, -0.05) is 29.3 Å². The van der Waals surface area contributed by atoms with Crippen molar-refractivity contribution in [3.63, 3.8) is 0 Å². The standard InChI is InChI=1S/C18H20Cl2N2OS/c1-21-11-12-6-8-22(9-7-12)18(23)17-5-4-16(24-17)13-2-3-14(19)15(20)10-13/h2-5,10,12,21H,6-9,11H2,1H3. The summed E-state index contributed by atoms with van der Waals surface area (Å²) in [6, 6.07) is 9.44. The number of rotatable bonds is 4. The van der Waals surface area contributed by atoms with Gasteiger partial charge in [0.25, 0.3) is 5.91 Å². The predicted molar refractivity (Wildman–Crippen MR) is 102 cm³/mol. The van der Waals surface area contributed by atoms with Crippen molar-refractivity contribution in [3.8, 4) is 10.4 Å². The van der Waals surface area contributed by atoms with E-state index in [1.165, 1.54) is 11.3 Å². The second-order valence-corrected chi connectivity index (χ2v) is 7.98. The van der Waals surface area contributed by atoms with Crippen molar-refractivity contribution in [2.45, 2.75) is 12.8 Å². The maximum atomic E-state index is 12.7. The minimum Gasteiger partial charge on any atom is -0.338 e. The lowest BCUT2D eigenvalue weighted by atomic mass is 9.97. The minimum absolute atomic E-state index is 0.134. The van der Waals surface area contributed by atoms with Gasteiger partial charge in [-0.25, -0.2) is 0 Å². The van der Waals surface area contributed by atoms with E-state index in [0.29, 0.717) is 16.0 Å². The van der Waals surface area contributed by atoms with Crippen LogP contribution in [0.15, 0.2) is 30.3 Å². The van der Waals surface area contributed by atoms with Gasteiger partial charge in [0.15, 0.2) is 0 Å². The number of hydrogen-bond acceptors (Lipinski definition) is 3. The normalized spacial score (nSPS) is 15.7. The van der Waals surface area contributed by atoms with Gasteiger partial charge in [0.1, 0.15) is 0 Å². The van der Waals surface area contributed by atoms with E-state index >= 15 is 0 Å². The summed E-state index contributed by atoms with van der Waals surface area (Å²) in [5.74, 6) is 0.809. The lowest BCUT2D eigenvalue weighted by Gasteiger charge is -2.31. The van der Waals surface area contributed by atoms with Gasteiger partial charge in [-0.3, -0.25) is 4.79 Å². The summed E-state index contributed by atoms with van der Waals surface area (Å²) in [5, 5.41) is 4.29. The highest BCUT2D eigenvalue weighted by Gasteiger charge is 2.24. The van der Waals surface area contributed by atoms with E-state index in [1.807, 2.05) is 36.2 Å². The number of halogens is 2. The number of carbonyl (C=O) groups is 1. The Hall–Kier alpha value is -1.07. The lowest BCUT2D eigenvalue weighted by molar-refractivity contribution is 0.0696. The molecule has 0 radical (unpaired) electrons. The average Bonchev–Trinajstić information content (AvgIpc) is 3.08. The molecule has 0 unspecified atom stereocenters. The quantitative estimate of drug-likeness (QED) is 0.823. The van der Waals surface area contributed by atoms with E-state index in [9.17, 15) is 4.79 Å². The molecule has 1 N–H and O–H groups in total. The minimum atomic E-state index is 0.134. The van der Waals surface area contributed by atoms with E-state index in [0.717, 1.165) is 47.8 Å². The Balaban J connectivity index is 1.69. The second-order valence-electron chi connectivity index (χ2n) is 6.09. The van der Waals surface area contributed by atoms with Gasteiger partial charge < -0.3 is 10.2 Å². The first kappa shape index (κ1) is 17.7. The van der Waals surface area contributed by atoms with E-state index in [-0.39, 0.29) is 5.91 Å². The fourth-order valence-corrected chi connectivity index (χ4v) is 4.31. The van der Waals surface area contributed by atoms with Crippen molar-refractivity contribution in [1.29, 1.82) is 0 Å². The van der Waals surface area contributed by atoms with Crippen molar-refractivity contribution < 1.29 is 4.79 Å². The largest absolute Gasteiger partial charge is 0.338 e. The number of nitrogens with one attached hydrogen (secondary N) is 1. The van der Waals surface area contributed by atoms with E-state index in [1.54, 1.807) is 6.07 Å². The topological polar surface area (TPSA) is 32.3 Å². The molecule has 1 aliphatic rings. The molecule has 128 valence electrons. The van der Waals surface area contributed by atoms with Gasteiger partial charge in [-0.2, -0.15) is 0 Å². The molecule has 0 bridgehead atoms. The van der Waals surface area contributed by atoms with Gasteiger partial charge in [-0.15, -0.1) is 11.3 Å². The molecule has 1 aromatic carbocycles. The Morgan fingerprint density at radius 2 is 1.96 bits per heavy atom. The molecule has 0 saturated carbocycles. The first-order chi connectivity index (χ1) is 11.6. The molecule has 2 heterocycles. The third-order valence-corrected chi connectivity index (χ3v) is 6.28. The second kappa shape index (κ2) is 7.87. The Kier molecular flexibility index (Phi) is 5.82. The van der Waals surface area contributed by atoms with Crippen LogP contribution in [0.25, 0.3) is 10.4 Å². The first-order valence-electron chi connectivity index (χ1n) is 8.07. The molecule has 3 rings (SSSR count). The number of benzene rings is 1. The lowest BCUT2D eigenvalue weighted by Crippen LogP contribution is -2.40. The average molecular weight is 383 g/mol. The highest BCUT2D eigenvalue weighted by atomic mass is 35.5. The molecular formula is C18H20Cl2N2OS. The number of likely N-dealkylation sites (tertiary alicyclic amines) is 1. The number of hydrogen-bond donors (Lipinski definition) is 1. The molecule has 1 fully saturated rings. The molecule has 0 atom stereocenters. The van der Waals surface area contributed by atoms with Crippen LogP contribution in [-0.2, 0) is 0 Å². The van der Waals surface area contributed by atoms with Crippen LogP contribution in [0.3, 0.4) is 0 Å². The zero-order chi connectivity index (χ0) is 17.1. The molecule has 2 aromatic rings. The number of amides is 1. The van der Waals surface area contributed by atoms with Crippen LogP contribution < -0.4 is 5.32 Å². The fourth-order valence-electron chi connectivity index (χ4n) is 3.04. The fraction of sp³-hybridized carbons (Fsp3) is 0.389. The zero-order valence-corrected chi connectivity index (χ0v) is 15.8. The Morgan fingerprint density at radius 3 is 2.62 bits per heavy atom. The van der Waals surface area contributed by atoms with Crippen LogP contribution in [0.1, 0.15) is 22.5 Å². The number of thiophene rings is 1. The Labute approximate surface area is 156 Å². The maximum absolute atomic E-state index is 12.7. The molecule has 6 heteroatoms. The highest BCUT2D eigenvalue weighted by molar-refractivity contribution is 7.17. The van der Waals surface area contributed by atoms with Crippen molar-refractivity contribution in [2.75, 3.05) is 26.7 Å². The van der Waals surface area contributed by atoms with Gasteiger partial charge in [0, 0.05) is 18.0 Å². The van der Waals surface area contributed by atoms with Crippen LogP contribution in [0, 0.1) is 5.92 Å². The monoisotopic (exact) mass is 382 g/mol. The zero-order valence-electron chi connectivity index (χ0n) is 13.5. The molecule has 24 heavy (non-hydrogen) atoms. The van der Waals surface area contributed by atoms with Crippen LogP contribution in [0.5, 0.6) is 0 Å². The molecule has 1 saturated heterocycles. The highest BCUT2D eigenvalue weighted by Crippen LogP contribution is 2.33. The van der Waals surface area contributed by atoms with Gasteiger partial charge in [0.2, 0.25) is 0 Å². The van der Waals surface area contributed by atoms with Crippen LogP contribution in [0.2, 0.25) is 10.0 Å². The summed E-state index contributed by atoms with van der Waals surface area (Å²) in [5.41, 5.74) is 0.987. The third-order valence-electron chi connectivity index (χ3n) is 4.42. The first-order valence-corrected chi connectivity index (χ1v) is 9.65. The molecule has 0 aliphatic carbocycles. The van der Waals surface area contributed by atoms with E-state index in [2.05, 4.69) is 5.32 Å². The SMILES string of the molecule is CNCC1CCN(C(=O)c2ccc(-c3ccc(Cl)c(Cl)c3)s2)CC1. The van der Waals surface area contributed by atoms with E-state index < -0.39 is 0 Å². The molecule has 1 aliphatic heterocycles. The number of piperidine rings is 1. The molecule has 1 aromatic heterocycles. The van der Waals surface area contributed by atoms with Crippen molar-refractivity contribution in [2.24, 2.45) is 5.92 Å². The van der Waals surface area contributed by atoms with Crippen molar-refractivity contribution >= 4 is 40.4 Å². The molecule has 1 amide bonds. The maximum Gasteiger partial charge on any atom is 0.263 e. The third kappa shape index (κ3) is 3.94. The Bertz CT molecular complexity index is 724. The summed E-state index contributed by atoms with van der Waals surface area (Å²) in [4.78, 5) is 16.5. The van der Waals surface area contributed by atoms with E-state index in [4.69, 9.17) is 23.2 Å². The summed E-state index contributed by atoms with van der Waals surface area (Å²) >= 11 is 13.6. The van der Waals surface area contributed by atoms with Crippen LogP contribution >= 0.6 is 34.5 Å². The van der Waals surface area contributed by atoms with Gasteiger partial charge in [-0.05, 0) is 62.2 Å². The summed E-state index contributed by atoms with van der Waals surface area (Å²) in [6.45, 7) is 2.71.